The Kier molecular flexibility index (Phi) is 3.06. The number of nitrogens with one attached hydrogen (secondary N) is 1. The van der Waals surface area contributed by atoms with Gasteiger partial charge in [-0.25, -0.2) is 9.97 Å². The number of hydrogen-bond donors (Lipinski definition) is 1. The van der Waals surface area contributed by atoms with Crippen molar-refractivity contribution in [1.29, 1.82) is 0 Å². The number of hydrazone groups is 1. The molecule has 0 fully saturated rings. The molecule has 0 saturated heterocycles. The molecule has 0 amide bonds. The zero-order valence-electron chi connectivity index (χ0n) is 10.7. The third kappa shape index (κ3) is 2.48. The zero-order valence-corrected chi connectivity index (χ0v) is 12.4. The van der Waals surface area contributed by atoms with E-state index in [0.29, 0.717) is 10.8 Å². The van der Waals surface area contributed by atoms with Crippen LogP contribution in [0.5, 0.6) is 0 Å². The van der Waals surface area contributed by atoms with Gasteiger partial charge in [0.05, 0.1) is 17.2 Å². The summed E-state index contributed by atoms with van der Waals surface area (Å²) in [4.78, 5) is 15.4. The number of thiazole rings is 1. The summed E-state index contributed by atoms with van der Waals surface area (Å²) >= 11 is 3.08. The van der Waals surface area contributed by atoms with Gasteiger partial charge in [0.25, 0.3) is 0 Å². The van der Waals surface area contributed by atoms with Crippen molar-refractivity contribution in [3.63, 3.8) is 0 Å². The van der Waals surface area contributed by atoms with E-state index in [-0.39, 0.29) is 0 Å². The fourth-order valence-corrected chi connectivity index (χ4v) is 3.22. The van der Waals surface area contributed by atoms with Crippen LogP contribution in [-0.4, -0.2) is 21.2 Å². The minimum Gasteiger partial charge on any atom is -0.252 e. The molecule has 0 aliphatic heterocycles. The molecule has 102 valence electrons. The molecule has 0 saturated carbocycles. The summed E-state index contributed by atoms with van der Waals surface area (Å²) in [5.41, 5.74) is 5.30. The first-order valence-electron chi connectivity index (χ1n) is 6.24. The van der Waals surface area contributed by atoms with E-state index in [4.69, 9.17) is 0 Å². The summed E-state index contributed by atoms with van der Waals surface area (Å²) in [6, 6.07) is 11.8. The monoisotopic (exact) mass is 311 g/mol. The third-order valence-corrected chi connectivity index (χ3v) is 4.47. The van der Waals surface area contributed by atoms with Gasteiger partial charge in [0.15, 0.2) is 10.5 Å². The molecule has 3 heterocycles. The highest BCUT2D eigenvalue weighted by molar-refractivity contribution is 7.21. The van der Waals surface area contributed by atoms with E-state index in [1.807, 2.05) is 41.8 Å². The van der Waals surface area contributed by atoms with E-state index in [1.54, 1.807) is 17.6 Å². The quantitative estimate of drug-likeness (QED) is 0.462. The summed E-state index contributed by atoms with van der Waals surface area (Å²) in [7, 11) is 0. The first kappa shape index (κ1) is 12.4. The number of hydrogen-bond acceptors (Lipinski definition) is 7. The van der Waals surface area contributed by atoms with E-state index in [0.717, 1.165) is 20.7 Å². The molecule has 4 aromatic rings. The molecule has 5 nitrogen and oxygen atoms in total. The molecule has 4 rings (SSSR count). The Morgan fingerprint density at radius 1 is 1.00 bits per heavy atom. The number of para-hydroxylation sites is 2. The van der Waals surface area contributed by atoms with Crippen LogP contribution in [0.3, 0.4) is 0 Å². The normalized spacial score (nSPS) is 11.6. The lowest BCUT2D eigenvalue weighted by Crippen LogP contribution is -1.88. The Hall–Kier alpha value is -2.38. The van der Waals surface area contributed by atoms with Crippen molar-refractivity contribution in [2.24, 2.45) is 5.10 Å². The summed E-state index contributed by atoms with van der Waals surface area (Å²) < 4.78 is 0. The second-order valence-corrected chi connectivity index (χ2v) is 6.20. The second-order valence-electron chi connectivity index (χ2n) is 4.25. The van der Waals surface area contributed by atoms with Crippen LogP contribution in [0, 0.1) is 0 Å². The summed E-state index contributed by atoms with van der Waals surface area (Å²) in [5.74, 6) is 0. The van der Waals surface area contributed by atoms with E-state index >= 15 is 0 Å². The number of rotatable bonds is 3. The van der Waals surface area contributed by atoms with Crippen molar-refractivity contribution < 1.29 is 0 Å². The van der Waals surface area contributed by atoms with E-state index in [9.17, 15) is 0 Å². The van der Waals surface area contributed by atoms with E-state index in [2.05, 4.69) is 25.5 Å². The van der Waals surface area contributed by atoms with Crippen molar-refractivity contribution in [3.05, 3.63) is 46.7 Å². The molecule has 0 unspecified atom stereocenters. The van der Waals surface area contributed by atoms with Gasteiger partial charge in [-0.1, -0.05) is 29.5 Å². The van der Waals surface area contributed by atoms with Gasteiger partial charge >= 0.3 is 0 Å². The Morgan fingerprint density at radius 2 is 1.86 bits per heavy atom. The third-order valence-electron chi connectivity index (χ3n) is 2.82. The molecule has 0 bridgehead atoms. The number of anilines is 1. The SMILES string of the molecule is C(=NNc1nc2nc3ccccc3nc2s1)c1cccs1. The number of fused-ring (bicyclic) bond motifs is 2. The molecule has 3 aromatic heterocycles. The fourth-order valence-electron chi connectivity index (χ4n) is 1.89. The second kappa shape index (κ2) is 5.19. The van der Waals surface area contributed by atoms with Crippen LogP contribution >= 0.6 is 22.7 Å². The van der Waals surface area contributed by atoms with Gasteiger partial charge in [0.1, 0.15) is 0 Å². The van der Waals surface area contributed by atoms with Gasteiger partial charge in [-0.15, -0.1) is 11.3 Å². The number of aromatic nitrogens is 3. The molecule has 7 heteroatoms. The van der Waals surface area contributed by atoms with Crippen molar-refractivity contribution in [3.8, 4) is 0 Å². The average molecular weight is 311 g/mol. The van der Waals surface area contributed by atoms with Crippen LogP contribution < -0.4 is 5.43 Å². The first-order valence-corrected chi connectivity index (χ1v) is 7.94. The highest BCUT2D eigenvalue weighted by atomic mass is 32.1. The minimum absolute atomic E-state index is 0.646. The van der Waals surface area contributed by atoms with Crippen molar-refractivity contribution >= 4 is 55.5 Å². The molecule has 21 heavy (non-hydrogen) atoms. The zero-order chi connectivity index (χ0) is 14.1. The van der Waals surface area contributed by atoms with E-state index in [1.165, 1.54) is 11.3 Å². The van der Waals surface area contributed by atoms with Crippen molar-refractivity contribution in [2.75, 3.05) is 5.43 Å². The van der Waals surface area contributed by atoms with Crippen LogP contribution in [0.4, 0.5) is 5.13 Å². The maximum absolute atomic E-state index is 4.56. The first-order chi connectivity index (χ1) is 10.4. The van der Waals surface area contributed by atoms with Crippen LogP contribution in [0.25, 0.3) is 21.5 Å². The Labute approximate surface area is 128 Å². The molecule has 0 radical (unpaired) electrons. The van der Waals surface area contributed by atoms with Crippen LogP contribution in [-0.2, 0) is 0 Å². The van der Waals surface area contributed by atoms with Crippen molar-refractivity contribution in [1.82, 2.24) is 15.0 Å². The Bertz CT molecular complexity index is 875. The lowest BCUT2D eigenvalue weighted by molar-refractivity contribution is 1.28. The maximum Gasteiger partial charge on any atom is 0.207 e. The van der Waals surface area contributed by atoms with Crippen LogP contribution in [0.2, 0.25) is 0 Å². The van der Waals surface area contributed by atoms with Crippen LogP contribution in [0.1, 0.15) is 4.88 Å². The van der Waals surface area contributed by atoms with Crippen molar-refractivity contribution in [2.45, 2.75) is 0 Å². The van der Waals surface area contributed by atoms with Gasteiger partial charge < -0.3 is 0 Å². The predicted molar refractivity (Wildman–Crippen MR) is 88.3 cm³/mol. The number of thiophene rings is 1. The standard InChI is InChI=1S/C14H9N5S2/c1-2-6-11-10(5-1)16-12-13(17-11)21-14(18-12)19-15-8-9-4-3-7-20-9/h1-8H,(H,16,18,19). The number of benzene rings is 1. The molecular weight excluding hydrogens is 302 g/mol. The summed E-state index contributed by atoms with van der Waals surface area (Å²) in [6.07, 6.45) is 1.77. The largest absolute Gasteiger partial charge is 0.252 e. The predicted octanol–water partition coefficient (Wildman–Crippen LogP) is 3.75. The Balaban J connectivity index is 1.65. The molecule has 0 spiro atoms. The average Bonchev–Trinajstić information content (AvgIpc) is 3.13. The molecule has 0 aliphatic rings. The van der Waals surface area contributed by atoms with Gasteiger partial charge in [0.2, 0.25) is 5.13 Å². The maximum atomic E-state index is 4.56. The molecular formula is C14H9N5S2. The highest BCUT2D eigenvalue weighted by Crippen LogP contribution is 2.24. The molecule has 0 atom stereocenters. The van der Waals surface area contributed by atoms with Gasteiger partial charge in [-0.05, 0) is 23.6 Å². The highest BCUT2D eigenvalue weighted by Gasteiger charge is 2.07. The van der Waals surface area contributed by atoms with Crippen LogP contribution in [0.15, 0.2) is 46.9 Å². The van der Waals surface area contributed by atoms with Gasteiger partial charge in [0, 0.05) is 4.88 Å². The topological polar surface area (TPSA) is 63.1 Å². The van der Waals surface area contributed by atoms with Gasteiger partial charge in [-0.3, -0.25) is 5.43 Å². The summed E-state index contributed by atoms with van der Waals surface area (Å²) in [5, 5.41) is 6.88. The van der Waals surface area contributed by atoms with E-state index < -0.39 is 0 Å². The lowest BCUT2D eigenvalue weighted by Gasteiger charge is -1.93. The Morgan fingerprint density at radius 3 is 2.67 bits per heavy atom. The molecule has 1 N–H and O–H groups in total. The molecule has 0 aliphatic carbocycles. The lowest BCUT2D eigenvalue weighted by atomic mass is 10.3. The van der Waals surface area contributed by atoms with Gasteiger partial charge in [-0.2, -0.15) is 10.1 Å². The minimum atomic E-state index is 0.646. The summed E-state index contributed by atoms with van der Waals surface area (Å²) in [6.45, 7) is 0. The smallest absolute Gasteiger partial charge is 0.207 e. The number of nitrogens with zero attached hydrogens (tertiary/aromatic N) is 4. The molecule has 1 aromatic carbocycles. The fraction of sp³-hybridized carbons (Fsp3) is 0.